The predicted octanol–water partition coefficient (Wildman–Crippen LogP) is 3.54. The number of rotatable bonds is 11. The number of carbonyl (C=O) groups is 5. The maximum Gasteiger partial charge on any atom is 0.411 e. The maximum absolute atomic E-state index is 14.2. The number of nitrogens with one attached hydrogen (secondary N) is 4. The molecule has 1 aliphatic heterocycles. The smallest absolute Gasteiger partial charge is 0.411 e. The Bertz CT molecular complexity index is 1600. The lowest BCUT2D eigenvalue weighted by Gasteiger charge is -2.36. The summed E-state index contributed by atoms with van der Waals surface area (Å²) in [6.45, 7) is 13.8. The summed E-state index contributed by atoms with van der Waals surface area (Å²) in [4.78, 5) is 69.5. The second kappa shape index (κ2) is 14.2. The first-order valence-electron chi connectivity index (χ1n) is 16.1. The molecule has 14 nitrogen and oxygen atoms in total. The Morgan fingerprint density at radius 2 is 1.76 bits per heavy atom. The first-order valence-corrected chi connectivity index (χ1v) is 18.9. The van der Waals surface area contributed by atoms with E-state index in [0.29, 0.717) is 18.5 Å². The lowest BCUT2D eigenvalue weighted by atomic mass is 9.85. The SMILES string of the molecule is C=CC1C[C@]1(NC(=O)[C@@H]1C[C@@H](OC(=O)Nc2cccc(SC)c2)CN1C(=O)[C@@H](NC(=O)OC(C)(C)C)C(C)(C)C)C(=O)NS(=O)(=O)C1CC1. The lowest BCUT2D eigenvalue weighted by Crippen LogP contribution is -2.60. The molecular formula is C33H47N5O9S2. The van der Waals surface area contributed by atoms with Crippen LogP contribution in [0.1, 0.15) is 67.2 Å². The van der Waals surface area contributed by atoms with Crippen LogP contribution in [0.25, 0.3) is 0 Å². The topological polar surface area (TPSA) is 189 Å². The van der Waals surface area contributed by atoms with Crippen molar-refractivity contribution in [2.75, 3.05) is 18.1 Å². The van der Waals surface area contributed by atoms with Crippen LogP contribution in [0, 0.1) is 11.3 Å². The van der Waals surface area contributed by atoms with E-state index in [-0.39, 0.29) is 19.4 Å². The van der Waals surface area contributed by atoms with Crippen LogP contribution in [-0.2, 0) is 33.9 Å². The molecule has 16 heteroatoms. The van der Waals surface area contributed by atoms with Gasteiger partial charge in [-0.3, -0.25) is 24.4 Å². The molecule has 4 N–H and O–H groups in total. The fourth-order valence-electron chi connectivity index (χ4n) is 5.63. The molecule has 1 unspecified atom stereocenters. The van der Waals surface area contributed by atoms with Gasteiger partial charge in [0.2, 0.25) is 21.8 Å². The second-order valence-electron chi connectivity index (χ2n) is 14.8. The molecular weight excluding hydrogens is 675 g/mol. The summed E-state index contributed by atoms with van der Waals surface area (Å²) in [6.07, 6.45) is 1.64. The standard InChI is InChI=1S/C33H47N5O9S2/c1-9-19-17-33(19,28(41)37-49(44,45)23-13-14-23)36-26(39)24-16-21(46-29(42)34-20-11-10-12-22(15-20)48-8)18-38(24)27(40)25(31(2,3)4)35-30(43)47-32(5,6)7/h9-12,15,19,21,23-25H,1,13-14,16-18H2,2-8H3,(H,34,42)(H,35,43)(H,36,39)(H,37,41)/t19?,21-,24+,25-,33-/m1/s1. The highest BCUT2D eigenvalue weighted by molar-refractivity contribution is 7.98. The Morgan fingerprint density at radius 3 is 2.31 bits per heavy atom. The number of anilines is 1. The Hall–Kier alpha value is -3.79. The predicted molar refractivity (Wildman–Crippen MR) is 184 cm³/mol. The fraction of sp³-hybridized carbons (Fsp3) is 0.606. The van der Waals surface area contributed by atoms with Gasteiger partial charge in [-0.05, 0) is 69.9 Å². The van der Waals surface area contributed by atoms with Gasteiger partial charge in [0.15, 0.2) is 0 Å². The summed E-state index contributed by atoms with van der Waals surface area (Å²) in [5, 5.41) is 7.34. The summed E-state index contributed by atoms with van der Waals surface area (Å²) in [7, 11) is -3.91. The number of alkyl carbamates (subject to hydrolysis) is 1. The minimum atomic E-state index is -3.91. The third-order valence-corrected chi connectivity index (χ3v) is 11.0. The van der Waals surface area contributed by atoms with Crippen molar-refractivity contribution in [3.63, 3.8) is 0 Å². The van der Waals surface area contributed by atoms with Crippen molar-refractivity contribution in [1.82, 2.24) is 20.3 Å². The van der Waals surface area contributed by atoms with Crippen LogP contribution in [0.3, 0.4) is 0 Å². The molecule has 5 atom stereocenters. The van der Waals surface area contributed by atoms with E-state index in [1.807, 2.05) is 12.3 Å². The van der Waals surface area contributed by atoms with Crippen LogP contribution in [-0.4, -0.2) is 90.6 Å². The third kappa shape index (κ3) is 9.47. The number of likely N-dealkylation sites (tertiary alicyclic amines) is 1. The van der Waals surface area contributed by atoms with Gasteiger partial charge in [-0.1, -0.05) is 32.9 Å². The minimum absolute atomic E-state index is 0.108. The van der Waals surface area contributed by atoms with Crippen molar-refractivity contribution in [2.45, 2.75) is 107 Å². The summed E-state index contributed by atoms with van der Waals surface area (Å²) in [5.74, 6) is -2.82. The maximum atomic E-state index is 14.2. The van der Waals surface area contributed by atoms with Gasteiger partial charge < -0.3 is 25.0 Å². The Labute approximate surface area is 291 Å². The third-order valence-electron chi connectivity index (χ3n) is 8.46. The first kappa shape index (κ1) is 38.0. The van der Waals surface area contributed by atoms with Gasteiger partial charge in [-0.15, -0.1) is 18.3 Å². The zero-order valence-electron chi connectivity index (χ0n) is 29.0. The van der Waals surface area contributed by atoms with Gasteiger partial charge in [-0.2, -0.15) is 0 Å². The molecule has 49 heavy (non-hydrogen) atoms. The zero-order chi connectivity index (χ0) is 36.5. The normalized spacial score (nSPS) is 24.2. The van der Waals surface area contributed by atoms with Crippen LogP contribution in [0.15, 0.2) is 41.8 Å². The molecule has 3 aliphatic rings. The van der Waals surface area contributed by atoms with Crippen molar-refractivity contribution < 1.29 is 41.9 Å². The molecule has 0 radical (unpaired) electrons. The molecule has 3 fully saturated rings. The highest BCUT2D eigenvalue weighted by Crippen LogP contribution is 2.45. The summed E-state index contributed by atoms with van der Waals surface area (Å²) in [5.41, 5.74) is -2.80. The average Bonchev–Trinajstić information content (AvgIpc) is 3.91. The van der Waals surface area contributed by atoms with Crippen LogP contribution in [0.5, 0.6) is 0 Å². The van der Waals surface area contributed by atoms with E-state index >= 15 is 0 Å². The number of hydrogen-bond donors (Lipinski definition) is 4. The highest BCUT2D eigenvalue weighted by atomic mass is 32.2. The Balaban J connectivity index is 1.58. The van der Waals surface area contributed by atoms with E-state index in [0.717, 1.165) is 4.90 Å². The van der Waals surface area contributed by atoms with Gasteiger partial charge in [0, 0.05) is 22.9 Å². The van der Waals surface area contributed by atoms with Crippen LogP contribution < -0.4 is 20.7 Å². The quantitative estimate of drug-likeness (QED) is 0.194. The van der Waals surface area contributed by atoms with Crippen molar-refractivity contribution in [3.05, 3.63) is 36.9 Å². The minimum Gasteiger partial charge on any atom is -0.444 e. The molecule has 4 rings (SSSR count). The van der Waals surface area contributed by atoms with Crippen molar-refractivity contribution in [2.24, 2.45) is 11.3 Å². The highest BCUT2D eigenvalue weighted by Gasteiger charge is 2.62. The monoisotopic (exact) mass is 721 g/mol. The summed E-state index contributed by atoms with van der Waals surface area (Å²) >= 11 is 1.49. The van der Waals surface area contributed by atoms with Gasteiger partial charge in [0.1, 0.15) is 29.3 Å². The number of hydrogen-bond acceptors (Lipinski definition) is 10. The molecule has 270 valence electrons. The van der Waals surface area contributed by atoms with E-state index < -0.39 is 85.8 Å². The van der Waals surface area contributed by atoms with E-state index in [4.69, 9.17) is 9.47 Å². The molecule has 1 saturated heterocycles. The summed E-state index contributed by atoms with van der Waals surface area (Å²) < 4.78 is 38.4. The van der Waals surface area contributed by atoms with Crippen molar-refractivity contribution >= 4 is 57.4 Å². The van der Waals surface area contributed by atoms with Crippen LogP contribution in [0.2, 0.25) is 0 Å². The number of ether oxygens (including phenoxy) is 2. The van der Waals surface area contributed by atoms with E-state index in [2.05, 4.69) is 27.3 Å². The summed E-state index contributed by atoms with van der Waals surface area (Å²) in [6, 6.07) is 4.71. The molecule has 5 amide bonds. The van der Waals surface area contributed by atoms with E-state index in [1.165, 1.54) is 22.7 Å². The molecule has 0 bridgehead atoms. The molecule has 2 saturated carbocycles. The van der Waals surface area contributed by atoms with Crippen molar-refractivity contribution in [3.8, 4) is 0 Å². The van der Waals surface area contributed by atoms with Crippen LogP contribution in [0.4, 0.5) is 15.3 Å². The number of thioether (sulfide) groups is 1. The fourth-order valence-corrected chi connectivity index (χ4v) is 7.46. The number of nitrogens with zero attached hydrogens (tertiary/aromatic N) is 1. The lowest BCUT2D eigenvalue weighted by molar-refractivity contribution is -0.143. The average molecular weight is 722 g/mol. The van der Waals surface area contributed by atoms with Gasteiger partial charge in [0.05, 0.1) is 11.8 Å². The van der Waals surface area contributed by atoms with E-state index in [1.54, 1.807) is 59.7 Å². The number of benzene rings is 1. The number of sulfonamides is 1. The number of carbonyl (C=O) groups excluding carboxylic acids is 5. The van der Waals surface area contributed by atoms with E-state index in [9.17, 15) is 32.4 Å². The zero-order valence-corrected chi connectivity index (χ0v) is 30.6. The second-order valence-corrected chi connectivity index (χ2v) is 17.6. The number of amides is 5. The molecule has 2 aliphatic carbocycles. The van der Waals surface area contributed by atoms with Crippen molar-refractivity contribution in [1.29, 1.82) is 0 Å². The molecule has 0 aromatic heterocycles. The molecule has 1 aromatic carbocycles. The van der Waals surface area contributed by atoms with Gasteiger partial charge in [0.25, 0.3) is 5.91 Å². The molecule has 1 aromatic rings. The molecule has 1 heterocycles. The Kier molecular flexibility index (Phi) is 11.0. The Morgan fingerprint density at radius 1 is 1.08 bits per heavy atom. The van der Waals surface area contributed by atoms with Gasteiger partial charge in [-0.25, -0.2) is 18.0 Å². The largest absolute Gasteiger partial charge is 0.444 e. The first-order chi connectivity index (χ1) is 22.7. The van der Waals surface area contributed by atoms with Crippen LogP contribution >= 0.6 is 11.8 Å². The molecule has 0 spiro atoms. The van der Waals surface area contributed by atoms with Gasteiger partial charge >= 0.3 is 12.2 Å².